The van der Waals surface area contributed by atoms with Crippen LogP contribution in [0.4, 0.5) is 0 Å². The predicted molar refractivity (Wildman–Crippen MR) is 82.0 cm³/mol. The van der Waals surface area contributed by atoms with Gasteiger partial charge >= 0.3 is 0 Å². The first kappa shape index (κ1) is 15.0. The fourth-order valence-corrected chi connectivity index (χ4v) is 3.21. The van der Waals surface area contributed by atoms with Crippen molar-refractivity contribution < 1.29 is 9.53 Å². The lowest BCUT2D eigenvalue weighted by molar-refractivity contribution is -0.120. The summed E-state index contributed by atoms with van der Waals surface area (Å²) in [5.74, 6) is 0.0854. The number of nitrogens with zero attached hydrogens (tertiary/aromatic N) is 2. The Morgan fingerprint density at radius 1 is 1.32 bits per heavy atom. The highest BCUT2D eigenvalue weighted by Gasteiger charge is 2.37. The summed E-state index contributed by atoms with van der Waals surface area (Å²) in [6.07, 6.45) is 2.30. The molecule has 2 aliphatic rings. The molecule has 0 unspecified atom stereocenters. The van der Waals surface area contributed by atoms with Crippen molar-refractivity contribution in [2.24, 2.45) is 0 Å². The van der Waals surface area contributed by atoms with Crippen molar-refractivity contribution in [2.45, 2.75) is 31.4 Å². The highest BCUT2D eigenvalue weighted by Crippen LogP contribution is 2.28. The van der Waals surface area contributed by atoms with Gasteiger partial charge in [0.25, 0.3) is 0 Å². The number of hydrogen-bond acceptors (Lipinski definition) is 4. The topological polar surface area (TPSA) is 65.4 Å². The number of ether oxygens (including phenoxy) is 1. The molecule has 1 amide bonds. The van der Waals surface area contributed by atoms with Crippen molar-refractivity contribution in [3.05, 3.63) is 35.4 Å². The van der Waals surface area contributed by atoms with Gasteiger partial charge in [0.1, 0.15) is 0 Å². The number of carbonyl (C=O) groups excluding carboxylic acids is 1. The fraction of sp³-hybridized carbons (Fsp3) is 0.529. The highest BCUT2D eigenvalue weighted by molar-refractivity contribution is 5.76. The Morgan fingerprint density at radius 2 is 2.09 bits per heavy atom. The first-order valence-electron chi connectivity index (χ1n) is 7.82. The largest absolute Gasteiger partial charge is 0.373 e. The minimum atomic E-state index is -0.197. The average molecular weight is 299 g/mol. The molecule has 0 atom stereocenters. The Balaban J connectivity index is 1.60. The molecule has 5 nitrogen and oxygen atoms in total. The molecule has 3 rings (SSSR count). The molecule has 1 spiro atoms. The summed E-state index contributed by atoms with van der Waals surface area (Å²) in [6, 6.07) is 10.0. The van der Waals surface area contributed by atoms with Gasteiger partial charge in [-0.05, 0) is 24.5 Å². The number of rotatable bonds is 2. The van der Waals surface area contributed by atoms with Crippen LogP contribution in [0.5, 0.6) is 0 Å². The lowest BCUT2D eigenvalue weighted by Gasteiger charge is -2.40. The van der Waals surface area contributed by atoms with Crippen molar-refractivity contribution in [1.29, 1.82) is 5.26 Å². The van der Waals surface area contributed by atoms with Gasteiger partial charge in [0.2, 0.25) is 5.91 Å². The van der Waals surface area contributed by atoms with Crippen LogP contribution in [0.2, 0.25) is 0 Å². The van der Waals surface area contributed by atoms with Gasteiger partial charge in [0.05, 0.1) is 23.8 Å². The molecule has 1 N–H and O–H groups in total. The second-order valence-electron chi connectivity index (χ2n) is 6.10. The van der Waals surface area contributed by atoms with E-state index in [9.17, 15) is 10.1 Å². The van der Waals surface area contributed by atoms with Crippen molar-refractivity contribution in [3.8, 4) is 6.07 Å². The minimum Gasteiger partial charge on any atom is -0.373 e. The number of piperidine rings is 1. The van der Waals surface area contributed by atoms with Gasteiger partial charge in [-0.1, -0.05) is 18.2 Å². The Hall–Kier alpha value is -1.90. The molecule has 2 fully saturated rings. The molecule has 2 aliphatic heterocycles. The molecule has 0 aromatic heterocycles. The number of amides is 1. The number of nitriles is 1. The van der Waals surface area contributed by atoms with Crippen LogP contribution in [0, 0.1) is 11.3 Å². The molecule has 1 aromatic rings. The van der Waals surface area contributed by atoms with E-state index in [0.29, 0.717) is 19.6 Å². The van der Waals surface area contributed by atoms with Gasteiger partial charge in [-0.15, -0.1) is 0 Å². The Morgan fingerprint density at radius 3 is 2.86 bits per heavy atom. The maximum absolute atomic E-state index is 11.5. The number of likely N-dealkylation sites (tertiary alicyclic amines) is 1. The van der Waals surface area contributed by atoms with E-state index in [4.69, 9.17) is 4.74 Å². The molecule has 1 aromatic carbocycles. The molecule has 0 saturated carbocycles. The molecule has 116 valence electrons. The van der Waals surface area contributed by atoms with E-state index in [1.807, 2.05) is 24.3 Å². The van der Waals surface area contributed by atoms with E-state index >= 15 is 0 Å². The summed E-state index contributed by atoms with van der Waals surface area (Å²) in [5.41, 5.74) is 1.63. The van der Waals surface area contributed by atoms with Crippen LogP contribution in [0.25, 0.3) is 0 Å². The minimum absolute atomic E-state index is 0.0854. The maximum Gasteiger partial charge on any atom is 0.222 e. The third-order valence-corrected chi connectivity index (χ3v) is 4.64. The van der Waals surface area contributed by atoms with Crippen LogP contribution in [0.15, 0.2) is 24.3 Å². The Labute approximate surface area is 130 Å². The molecule has 22 heavy (non-hydrogen) atoms. The number of hydrogen-bond donors (Lipinski definition) is 1. The summed E-state index contributed by atoms with van der Waals surface area (Å²) in [6.45, 7) is 3.79. The first-order chi connectivity index (χ1) is 10.7. The van der Waals surface area contributed by atoms with E-state index in [1.54, 1.807) is 0 Å². The standard InChI is InChI=1S/C17H21N3O2/c18-11-14-3-1-2-4-15(14)12-20-8-6-17(7-9-20)13-19-16(21)5-10-22-17/h1-4H,5-10,12-13H2,(H,19,21). The van der Waals surface area contributed by atoms with Crippen LogP contribution < -0.4 is 5.32 Å². The molecule has 0 bridgehead atoms. The lowest BCUT2D eigenvalue weighted by atomic mass is 9.90. The van der Waals surface area contributed by atoms with E-state index in [-0.39, 0.29) is 11.5 Å². The number of nitrogens with one attached hydrogen (secondary N) is 1. The van der Waals surface area contributed by atoms with E-state index in [1.165, 1.54) is 0 Å². The summed E-state index contributed by atoms with van der Waals surface area (Å²) in [5, 5.41) is 12.1. The lowest BCUT2D eigenvalue weighted by Crippen LogP contribution is -2.50. The SMILES string of the molecule is N#Cc1ccccc1CN1CCC2(CC1)CNC(=O)CCO2. The molecular weight excluding hydrogens is 278 g/mol. The Bertz CT molecular complexity index is 586. The molecule has 0 aliphatic carbocycles. The van der Waals surface area contributed by atoms with E-state index in [2.05, 4.69) is 16.3 Å². The van der Waals surface area contributed by atoms with Crippen molar-refractivity contribution in [1.82, 2.24) is 10.2 Å². The van der Waals surface area contributed by atoms with Gasteiger partial charge in [0.15, 0.2) is 0 Å². The summed E-state index contributed by atoms with van der Waals surface area (Å²) >= 11 is 0. The quantitative estimate of drug-likeness (QED) is 0.897. The van der Waals surface area contributed by atoms with Gasteiger partial charge in [0, 0.05) is 32.6 Å². The average Bonchev–Trinajstić information content (AvgIpc) is 2.73. The summed E-state index contributed by atoms with van der Waals surface area (Å²) in [7, 11) is 0. The molecule has 5 heteroatoms. The van der Waals surface area contributed by atoms with Crippen molar-refractivity contribution >= 4 is 5.91 Å². The molecule has 2 saturated heterocycles. The van der Waals surface area contributed by atoms with E-state index < -0.39 is 0 Å². The third kappa shape index (κ3) is 3.29. The molecule has 2 heterocycles. The summed E-state index contributed by atoms with van der Waals surface area (Å²) in [4.78, 5) is 13.8. The van der Waals surface area contributed by atoms with Crippen LogP contribution >= 0.6 is 0 Å². The van der Waals surface area contributed by atoms with Gasteiger partial charge in [-0.2, -0.15) is 5.26 Å². The second kappa shape index (κ2) is 6.47. The molecular formula is C17H21N3O2. The van der Waals surface area contributed by atoms with Crippen LogP contribution in [0.1, 0.15) is 30.4 Å². The number of benzene rings is 1. The Kier molecular flexibility index (Phi) is 4.41. The van der Waals surface area contributed by atoms with Gasteiger partial charge in [-0.25, -0.2) is 0 Å². The van der Waals surface area contributed by atoms with Crippen molar-refractivity contribution in [3.63, 3.8) is 0 Å². The molecule has 0 radical (unpaired) electrons. The van der Waals surface area contributed by atoms with E-state index in [0.717, 1.165) is 43.6 Å². The summed E-state index contributed by atoms with van der Waals surface area (Å²) < 4.78 is 5.98. The number of carbonyl (C=O) groups is 1. The van der Waals surface area contributed by atoms with Crippen molar-refractivity contribution in [2.75, 3.05) is 26.2 Å². The smallest absolute Gasteiger partial charge is 0.222 e. The zero-order chi connectivity index (χ0) is 15.4. The predicted octanol–water partition coefficient (Wildman–Crippen LogP) is 1.43. The van der Waals surface area contributed by atoms with Gasteiger partial charge < -0.3 is 10.1 Å². The van der Waals surface area contributed by atoms with Gasteiger partial charge in [-0.3, -0.25) is 9.69 Å². The second-order valence-corrected chi connectivity index (χ2v) is 6.10. The first-order valence-corrected chi connectivity index (χ1v) is 7.82. The van der Waals surface area contributed by atoms with Crippen LogP contribution in [-0.2, 0) is 16.1 Å². The monoisotopic (exact) mass is 299 g/mol. The highest BCUT2D eigenvalue weighted by atomic mass is 16.5. The zero-order valence-electron chi connectivity index (χ0n) is 12.7. The fourth-order valence-electron chi connectivity index (χ4n) is 3.21. The normalized spacial score (nSPS) is 21.9. The van der Waals surface area contributed by atoms with Crippen LogP contribution in [-0.4, -0.2) is 42.6 Å². The maximum atomic E-state index is 11.5. The third-order valence-electron chi connectivity index (χ3n) is 4.64. The van der Waals surface area contributed by atoms with Crippen LogP contribution in [0.3, 0.4) is 0 Å². The zero-order valence-corrected chi connectivity index (χ0v) is 12.7.